The average molecular weight is 657 g/mol. The molecule has 7 heteroatoms. The summed E-state index contributed by atoms with van der Waals surface area (Å²) in [6.45, 7) is 13.1. The summed E-state index contributed by atoms with van der Waals surface area (Å²) >= 11 is 0. The molecule has 0 spiro atoms. The van der Waals surface area contributed by atoms with Gasteiger partial charge >= 0.3 is 6.18 Å². The van der Waals surface area contributed by atoms with Gasteiger partial charge in [0.15, 0.2) is 0 Å². The summed E-state index contributed by atoms with van der Waals surface area (Å²) in [5.41, 5.74) is 8.05. The van der Waals surface area contributed by atoms with Crippen molar-refractivity contribution in [3.05, 3.63) is 114 Å². The zero-order valence-electron chi connectivity index (χ0n) is 28.5. The molecule has 1 atom stereocenters. The van der Waals surface area contributed by atoms with E-state index in [0.717, 1.165) is 61.2 Å². The molecule has 0 fully saturated rings. The van der Waals surface area contributed by atoms with Crippen molar-refractivity contribution in [2.45, 2.75) is 58.5 Å². The molecule has 1 unspecified atom stereocenters. The lowest BCUT2D eigenvalue weighted by Crippen LogP contribution is -2.25. The third kappa shape index (κ3) is 5.71. The van der Waals surface area contributed by atoms with E-state index in [0.29, 0.717) is 11.9 Å². The molecule has 5 aromatic carbocycles. The van der Waals surface area contributed by atoms with Gasteiger partial charge in [0.25, 0.3) is 0 Å². The summed E-state index contributed by atoms with van der Waals surface area (Å²) in [5, 5.41) is 11.8. The van der Waals surface area contributed by atoms with E-state index in [9.17, 15) is 13.2 Å². The molecule has 248 valence electrons. The number of rotatable bonds is 5. The summed E-state index contributed by atoms with van der Waals surface area (Å²) in [4.78, 5) is 4.40. The van der Waals surface area contributed by atoms with Gasteiger partial charge in [-0.15, -0.1) is 0 Å². The second-order valence-electron chi connectivity index (χ2n) is 14.9. The molecule has 2 aromatic heterocycles. The molecule has 1 N–H and O–H groups in total. The van der Waals surface area contributed by atoms with Crippen LogP contribution in [0, 0.1) is 11.3 Å². The normalized spacial score (nSPS) is 13.7. The Labute approximate surface area is 284 Å². The maximum absolute atomic E-state index is 13.7. The lowest BCUT2D eigenvalue weighted by Gasteiger charge is -2.20. The fraction of sp³-hybridized carbons (Fsp3) is 0.238. The minimum Gasteiger partial charge on any atom is -0.312 e. The van der Waals surface area contributed by atoms with Crippen LogP contribution < -0.4 is 0 Å². The number of fused-ring (bicyclic) bond motifs is 6. The quantitative estimate of drug-likeness (QED) is 0.179. The summed E-state index contributed by atoms with van der Waals surface area (Å²) in [6.07, 6.45) is -3.41. The van der Waals surface area contributed by atoms with Gasteiger partial charge in [-0.1, -0.05) is 102 Å². The summed E-state index contributed by atoms with van der Waals surface area (Å²) in [6, 6.07) is 35.3. The lowest BCUT2D eigenvalue weighted by molar-refractivity contribution is -0.136. The van der Waals surface area contributed by atoms with E-state index in [2.05, 4.69) is 122 Å². The van der Waals surface area contributed by atoms with Crippen molar-refractivity contribution in [1.29, 1.82) is 5.41 Å². The maximum atomic E-state index is 13.7. The third-order valence-electron chi connectivity index (χ3n) is 9.42. The van der Waals surface area contributed by atoms with Crippen LogP contribution in [0.1, 0.15) is 52.7 Å². The number of nitrogens with one attached hydrogen (secondary N) is 1. The van der Waals surface area contributed by atoms with Crippen molar-refractivity contribution < 1.29 is 13.2 Å². The second kappa shape index (κ2) is 11.5. The fourth-order valence-electron chi connectivity index (χ4n) is 6.73. The number of para-hydroxylation sites is 2. The van der Waals surface area contributed by atoms with Crippen molar-refractivity contribution in [1.82, 2.24) is 9.13 Å². The number of hydrogen-bond donors (Lipinski definition) is 1. The Bertz CT molecular complexity index is 2280. The molecular weight excluding hydrogens is 617 g/mol. The van der Waals surface area contributed by atoms with E-state index >= 15 is 0 Å². The molecular formula is C42H39F3N4. The number of nitrogens with zero attached hydrogens (tertiary/aromatic N) is 3. The molecule has 49 heavy (non-hydrogen) atoms. The Morgan fingerprint density at radius 1 is 0.571 bits per heavy atom. The van der Waals surface area contributed by atoms with E-state index in [1.807, 2.05) is 36.4 Å². The number of benzene rings is 5. The highest BCUT2D eigenvalue weighted by Gasteiger charge is 2.37. The Balaban J connectivity index is 1.58. The topological polar surface area (TPSA) is 46.1 Å². The van der Waals surface area contributed by atoms with Gasteiger partial charge in [-0.25, -0.2) is 0 Å². The van der Waals surface area contributed by atoms with Crippen LogP contribution in [0.2, 0.25) is 0 Å². The second-order valence-corrected chi connectivity index (χ2v) is 14.9. The van der Waals surface area contributed by atoms with Crippen LogP contribution >= 0.6 is 0 Å². The molecule has 0 aliphatic heterocycles. The van der Waals surface area contributed by atoms with Gasteiger partial charge in [-0.05, 0) is 64.4 Å². The van der Waals surface area contributed by atoms with Crippen LogP contribution in [0.15, 0.2) is 108 Å². The SMILES string of the molecule is CC(C)(C)c1ccc2c3ccccc3n(-c3cc(N=CC(C=N)C(F)(F)F)cc(-n4c5ccccc5c5ccc(C(C)(C)C)cc54)c3)c2c1. The monoisotopic (exact) mass is 656 g/mol. The molecule has 0 saturated carbocycles. The minimum atomic E-state index is -4.61. The first kappa shape index (κ1) is 32.4. The molecule has 4 nitrogen and oxygen atoms in total. The molecule has 0 saturated heterocycles. The standard InChI is InChI=1S/C42H39F3N4/c1-40(2,3)26-15-17-34-32-11-7-9-13-36(32)48(38(34)19-26)30-21-29(47-25-28(24-46)42(43,44)45)22-31(23-30)49-37-14-10-8-12-33(37)35-18-16-27(20-39(35)49)41(4,5)6/h7-25,28,46H,1-6H3. The number of aromatic nitrogens is 2. The Hall–Kier alpha value is -5.17. The molecule has 2 heterocycles. The zero-order chi connectivity index (χ0) is 34.9. The summed E-state index contributed by atoms with van der Waals surface area (Å²) < 4.78 is 45.6. The molecule has 0 amide bonds. The molecule has 0 bridgehead atoms. The average Bonchev–Trinajstić information content (AvgIpc) is 3.56. The number of alkyl halides is 3. The van der Waals surface area contributed by atoms with Crippen LogP contribution in [0.25, 0.3) is 55.0 Å². The zero-order valence-corrected chi connectivity index (χ0v) is 28.5. The smallest absolute Gasteiger partial charge is 0.312 e. The predicted molar refractivity (Wildman–Crippen MR) is 199 cm³/mol. The largest absolute Gasteiger partial charge is 0.401 e. The molecule has 0 aliphatic carbocycles. The highest BCUT2D eigenvalue weighted by molar-refractivity contribution is 6.11. The molecule has 0 radical (unpaired) electrons. The highest BCUT2D eigenvalue weighted by Crippen LogP contribution is 2.40. The Morgan fingerprint density at radius 3 is 1.41 bits per heavy atom. The van der Waals surface area contributed by atoms with Crippen LogP contribution in [-0.2, 0) is 10.8 Å². The summed E-state index contributed by atoms with van der Waals surface area (Å²) in [5.74, 6) is -2.09. The summed E-state index contributed by atoms with van der Waals surface area (Å²) in [7, 11) is 0. The maximum Gasteiger partial charge on any atom is 0.401 e. The van der Waals surface area contributed by atoms with Crippen molar-refractivity contribution in [2.24, 2.45) is 10.9 Å². The molecule has 7 aromatic rings. The van der Waals surface area contributed by atoms with Gasteiger partial charge in [0.05, 0.1) is 39.1 Å². The van der Waals surface area contributed by atoms with Gasteiger partial charge in [-0.3, -0.25) is 4.99 Å². The number of halogens is 3. The van der Waals surface area contributed by atoms with Crippen LogP contribution in [0.4, 0.5) is 18.9 Å². The highest BCUT2D eigenvalue weighted by atomic mass is 19.4. The van der Waals surface area contributed by atoms with Crippen LogP contribution in [0.3, 0.4) is 0 Å². The lowest BCUT2D eigenvalue weighted by atomic mass is 9.86. The molecule has 0 aliphatic rings. The number of hydrogen-bond acceptors (Lipinski definition) is 2. The first-order chi connectivity index (χ1) is 23.1. The number of aliphatic imine (C=N–C) groups is 1. The Morgan fingerprint density at radius 2 is 1.00 bits per heavy atom. The van der Waals surface area contributed by atoms with E-state index in [-0.39, 0.29) is 10.8 Å². The van der Waals surface area contributed by atoms with Gasteiger partial charge in [0.2, 0.25) is 0 Å². The fourth-order valence-corrected chi connectivity index (χ4v) is 6.73. The predicted octanol–water partition coefficient (Wildman–Crippen LogP) is 12.0. The first-order valence-corrected chi connectivity index (χ1v) is 16.5. The third-order valence-corrected chi connectivity index (χ3v) is 9.42. The van der Waals surface area contributed by atoms with Gasteiger partial charge in [-0.2, -0.15) is 13.2 Å². The van der Waals surface area contributed by atoms with E-state index < -0.39 is 12.1 Å². The first-order valence-electron chi connectivity index (χ1n) is 16.5. The van der Waals surface area contributed by atoms with Crippen molar-refractivity contribution in [2.75, 3.05) is 0 Å². The van der Waals surface area contributed by atoms with E-state index in [4.69, 9.17) is 5.41 Å². The van der Waals surface area contributed by atoms with Crippen molar-refractivity contribution >= 4 is 61.7 Å². The van der Waals surface area contributed by atoms with Gasteiger partial charge in [0.1, 0.15) is 5.92 Å². The minimum absolute atomic E-state index is 0.0973. The van der Waals surface area contributed by atoms with E-state index in [1.54, 1.807) is 0 Å². The molecule has 7 rings (SSSR count). The van der Waals surface area contributed by atoms with Crippen molar-refractivity contribution in [3.8, 4) is 11.4 Å². The van der Waals surface area contributed by atoms with Gasteiger partial charge in [0, 0.05) is 34.0 Å². The van der Waals surface area contributed by atoms with Crippen LogP contribution in [-0.4, -0.2) is 27.7 Å². The Kier molecular flexibility index (Phi) is 7.58. The van der Waals surface area contributed by atoms with E-state index in [1.165, 1.54) is 11.1 Å². The van der Waals surface area contributed by atoms with Crippen LogP contribution in [0.5, 0.6) is 0 Å². The van der Waals surface area contributed by atoms with Gasteiger partial charge < -0.3 is 14.5 Å². The van der Waals surface area contributed by atoms with Crippen molar-refractivity contribution in [3.63, 3.8) is 0 Å².